The first-order valence-electron chi connectivity index (χ1n) is 8.75. The molecule has 2 amide bonds. The SMILES string of the molecule is O=C1CC2(CCCCC2)C(=O)N1CC(O)COCc1ccccc1. The highest BCUT2D eigenvalue weighted by Gasteiger charge is 2.51. The summed E-state index contributed by atoms with van der Waals surface area (Å²) in [6.07, 6.45) is 4.22. The fraction of sp³-hybridized carbons (Fsp3) is 0.579. The lowest BCUT2D eigenvalue weighted by Gasteiger charge is -2.30. The third kappa shape index (κ3) is 3.68. The van der Waals surface area contributed by atoms with Crippen molar-refractivity contribution in [3.63, 3.8) is 0 Å². The van der Waals surface area contributed by atoms with Crippen molar-refractivity contribution in [2.75, 3.05) is 13.2 Å². The van der Waals surface area contributed by atoms with E-state index in [4.69, 9.17) is 4.74 Å². The Bertz CT molecular complexity index is 580. The van der Waals surface area contributed by atoms with Gasteiger partial charge in [-0.1, -0.05) is 49.6 Å². The monoisotopic (exact) mass is 331 g/mol. The Kier molecular flexibility index (Phi) is 5.31. The molecule has 1 atom stereocenters. The second-order valence-corrected chi connectivity index (χ2v) is 6.98. The van der Waals surface area contributed by atoms with Gasteiger partial charge in [0.1, 0.15) is 0 Å². The number of imide groups is 1. The molecule has 1 saturated carbocycles. The third-order valence-corrected chi connectivity index (χ3v) is 5.12. The number of carbonyl (C=O) groups is 2. The van der Waals surface area contributed by atoms with Crippen LogP contribution in [-0.2, 0) is 20.9 Å². The topological polar surface area (TPSA) is 66.8 Å². The van der Waals surface area contributed by atoms with Gasteiger partial charge in [0, 0.05) is 6.42 Å². The first-order chi connectivity index (χ1) is 11.6. The highest BCUT2D eigenvalue weighted by Crippen LogP contribution is 2.45. The van der Waals surface area contributed by atoms with Crippen LogP contribution in [0.2, 0.25) is 0 Å². The zero-order valence-electron chi connectivity index (χ0n) is 13.9. The molecular weight excluding hydrogens is 306 g/mol. The summed E-state index contributed by atoms with van der Waals surface area (Å²) < 4.78 is 5.50. The second kappa shape index (κ2) is 7.45. The smallest absolute Gasteiger partial charge is 0.235 e. The fourth-order valence-electron chi connectivity index (χ4n) is 3.81. The largest absolute Gasteiger partial charge is 0.389 e. The van der Waals surface area contributed by atoms with Crippen LogP contribution in [0.25, 0.3) is 0 Å². The van der Waals surface area contributed by atoms with Gasteiger partial charge in [-0.05, 0) is 18.4 Å². The Morgan fingerprint density at radius 3 is 2.54 bits per heavy atom. The van der Waals surface area contributed by atoms with E-state index in [1.807, 2.05) is 30.3 Å². The molecule has 1 unspecified atom stereocenters. The standard InChI is InChI=1S/C19H25NO4/c21-16(14-24-13-15-7-3-1-4-8-15)12-20-17(22)11-19(18(20)23)9-5-2-6-10-19/h1,3-4,7-8,16,21H,2,5-6,9-14H2. The van der Waals surface area contributed by atoms with E-state index in [1.54, 1.807) is 0 Å². The number of amides is 2. The van der Waals surface area contributed by atoms with Crippen LogP contribution in [0.3, 0.4) is 0 Å². The molecule has 130 valence electrons. The molecule has 3 rings (SSSR count). The number of hydrogen-bond acceptors (Lipinski definition) is 4. The van der Waals surface area contributed by atoms with Gasteiger partial charge >= 0.3 is 0 Å². The van der Waals surface area contributed by atoms with Crippen LogP contribution in [0.1, 0.15) is 44.1 Å². The number of nitrogens with zero attached hydrogens (tertiary/aromatic N) is 1. The van der Waals surface area contributed by atoms with Crippen LogP contribution in [0.5, 0.6) is 0 Å². The number of aliphatic hydroxyl groups excluding tert-OH is 1. The summed E-state index contributed by atoms with van der Waals surface area (Å²) in [5, 5.41) is 10.1. The first kappa shape index (κ1) is 17.1. The maximum atomic E-state index is 12.7. The Morgan fingerprint density at radius 1 is 1.12 bits per heavy atom. The predicted molar refractivity (Wildman–Crippen MR) is 89.0 cm³/mol. The van der Waals surface area contributed by atoms with E-state index in [0.717, 1.165) is 37.7 Å². The minimum absolute atomic E-state index is 0.0359. The van der Waals surface area contributed by atoms with E-state index >= 15 is 0 Å². The summed E-state index contributed by atoms with van der Waals surface area (Å²) in [6, 6.07) is 9.70. The summed E-state index contributed by atoms with van der Waals surface area (Å²) in [7, 11) is 0. The number of aliphatic hydroxyl groups is 1. The van der Waals surface area contributed by atoms with Gasteiger partial charge in [-0.25, -0.2) is 0 Å². The second-order valence-electron chi connectivity index (χ2n) is 6.98. The number of rotatable bonds is 6. The molecule has 0 aromatic heterocycles. The predicted octanol–water partition coefficient (Wildman–Crippen LogP) is 2.27. The molecule has 5 nitrogen and oxygen atoms in total. The summed E-state index contributed by atoms with van der Waals surface area (Å²) in [4.78, 5) is 26.2. The van der Waals surface area contributed by atoms with E-state index in [0.29, 0.717) is 13.0 Å². The van der Waals surface area contributed by atoms with Crippen molar-refractivity contribution in [3.8, 4) is 0 Å². The summed E-state index contributed by atoms with van der Waals surface area (Å²) >= 11 is 0. The molecular formula is C19H25NO4. The molecule has 5 heteroatoms. The van der Waals surface area contributed by atoms with Crippen LogP contribution in [0.4, 0.5) is 0 Å². The zero-order chi connectivity index (χ0) is 17.0. The first-order valence-corrected chi connectivity index (χ1v) is 8.75. The molecule has 1 N–H and O–H groups in total. The van der Waals surface area contributed by atoms with Gasteiger partial charge in [-0.2, -0.15) is 0 Å². The number of ether oxygens (including phenoxy) is 1. The van der Waals surface area contributed by atoms with Crippen molar-refractivity contribution in [3.05, 3.63) is 35.9 Å². The Labute approximate surface area is 142 Å². The van der Waals surface area contributed by atoms with Gasteiger partial charge in [0.15, 0.2) is 0 Å². The number of hydrogen-bond donors (Lipinski definition) is 1. The summed E-state index contributed by atoms with van der Waals surface area (Å²) in [6.45, 7) is 0.552. The van der Waals surface area contributed by atoms with E-state index < -0.39 is 11.5 Å². The molecule has 1 spiro atoms. The lowest BCUT2D eigenvalue weighted by molar-refractivity contribution is -0.144. The Morgan fingerprint density at radius 2 is 1.83 bits per heavy atom. The number of β-amino-alcohol motifs (C(OH)–C–C–N with tert-alkyl or cyclic N) is 1. The van der Waals surface area contributed by atoms with E-state index in [1.165, 1.54) is 4.90 Å². The maximum Gasteiger partial charge on any atom is 0.235 e. The Hall–Kier alpha value is -1.72. The van der Waals surface area contributed by atoms with Crippen molar-refractivity contribution in [1.29, 1.82) is 0 Å². The minimum atomic E-state index is -0.847. The van der Waals surface area contributed by atoms with Gasteiger partial charge < -0.3 is 9.84 Å². The molecule has 1 aromatic carbocycles. The van der Waals surface area contributed by atoms with Gasteiger partial charge in [0.25, 0.3) is 0 Å². The fourth-order valence-corrected chi connectivity index (χ4v) is 3.81. The van der Waals surface area contributed by atoms with E-state index in [2.05, 4.69) is 0 Å². The molecule has 0 radical (unpaired) electrons. The molecule has 1 heterocycles. The number of benzene rings is 1. The average molecular weight is 331 g/mol. The zero-order valence-corrected chi connectivity index (χ0v) is 13.9. The van der Waals surface area contributed by atoms with Crippen molar-refractivity contribution < 1.29 is 19.4 Å². The summed E-state index contributed by atoms with van der Waals surface area (Å²) in [5.74, 6) is -0.238. The molecule has 1 aromatic rings. The molecule has 1 aliphatic carbocycles. The average Bonchev–Trinajstić information content (AvgIpc) is 2.81. The Balaban J connectivity index is 1.49. The van der Waals surface area contributed by atoms with Gasteiger partial charge in [0.2, 0.25) is 11.8 Å². The number of likely N-dealkylation sites (tertiary alicyclic amines) is 1. The van der Waals surface area contributed by atoms with Crippen molar-refractivity contribution in [2.45, 2.75) is 51.2 Å². The van der Waals surface area contributed by atoms with Gasteiger partial charge in [0.05, 0.1) is 31.3 Å². The summed E-state index contributed by atoms with van der Waals surface area (Å²) in [5.41, 5.74) is 0.541. The normalized spacial score (nSPS) is 21.5. The quantitative estimate of drug-likeness (QED) is 0.812. The molecule has 0 bridgehead atoms. The molecule has 1 aliphatic heterocycles. The van der Waals surface area contributed by atoms with Crippen molar-refractivity contribution in [2.24, 2.45) is 5.41 Å². The van der Waals surface area contributed by atoms with Crippen LogP contribution in [-0.4, -0.2) is 41.1 Å². The van der Waals surface area contributed by atoms with Gasteiger partial charge in [-0.15, -0.1) is 0 Å². The highest BCUT2D eigenvalue weighted by atomic mass is 16.5. The van der Waals surface area contributed by atoms with Crippen LogP contribution < -0.4 is 0 Å². The van der Waals surface area contributed by atoms with Crippen molar-refractivity contribution >= 4 is 11.8 Å². The molecule has 24 heavy (non-hydrogen) atoms. The minimum Gasteiger partial charge on any atom is -0.389 e. The van der Waals surface area contributed by atoms with Crippen LogP contribution in [0, 0.1) is 5.41 Å². The number of carbonyl (C=O) groups excluding carboxylic acids is 2. The van der Waals surface area contributed by atoms with E-state index in [-0.39, 0.29) is 25.0 Å². The maximum absolute atomic E-state index is 12.7. The lowest BCUT2D eigenvalue weighted by atomic mass is 9.73. The third-order valence-electron chi connectivity index (χ3n) is 5.12. The molecule has 2 fully saturated rings. The van der Waals surface area contributed by atoms with Crippen LogP contribution >= 0.6 is 0 Å². The van der Waals surface area contributed by atoms with E-state index in [9.17, 15) is 14.7 Å². The highest BCUT2D eigenvalue weighted by molar-refractivity contribution is 6.05. The van der Waals surface area contributed by atoms with Gasteiger partial charge in [-0.3, -0.25) is 14.5 Å². The lowest BCUT2D eigenvalue weighted by Crippen LogP contribution is -2.42. The van der Waals surface area contributed by atoms with Crippen molar-refractivity contribution in [1.82, 2.24) is 4.90 Å². The molecule has 1 saturated heterocycles. The molecule has 2 aliphatic rings. The van der Waals surface area contributed by atoms with Crippen LogP contribution in [0.15, 0.2) is 30.3 Å².